The van der Waals surface area contributed by atoms with Crippen LogP contribution in [0, 0.1) is 13.8 Å². The van der Waals surface area contributed by atoms with Crippen LogP contribution >= 0.6 is 0 Å². The van der Waals surface area contributed by atoms with Gasteiger partial charge in [0.05, 0.1) is 24.6 Å². The van der Waals surface area contributed by atoms with Crippen molar-refractivity contribution in [2.24, 2.45) is 4.99 Å². The molecule has 0 atom stereocenters. The number of phenols is 1. The van der Waals surface area contributed by atoms with Gasteiger partial charge >= 0.3 is 19.3 Å². The van der Waals surface area contributed by atoms with Crippen molar-refractivity contribution in [1.82, 2.24) is 4.48 Å². The molecule has 0 saturated carbocycles. The standard InChI is InChI=1S/C41H43BF2N2O5/c1-5-50-36(48)20-18-34-30-14-7-9-16-32(30)40(45-34)39(38-25(3)22-28(23-26(38)4)27-12-11-13-29(47)24-27)41-33-17-10-8-15-31(33)35(46(41)42(43)44)19-21-37(49)51-6-2/h11-13,18-24,47H,5-10,14-17H2,1-4H3/b20-18+,21-19+,40-39-. The smallest absolute Gasteiger partial charge is 0.508 e. The van der Waals surface area contributed by atoms with E-state index in [0.717, 1.165) is 93.1 Å². The van der Waals surface area contributed by atoms with Crippen molar-refractivity contribution in [3.8, 4) is 16.9 Å². The van der Waals surface area contributed by atoms with Gasteiger partial charge < -0.3 is 19.1 Å². The topological polar surface area (TPSA) is 90.1 Å². The van der Waals surface area contributed by atoms with Crippen LogP contribution in [0.25, 0.3) is 22.8 Å². The van der Waals surface area contributed by atoms with E-state index in [0.29, 0.717) is 41.2 Å². The molecule has 0 spiro atoms. The first-order valence-corrected chi connectivity index (χ1v) is 17.8. The number of carbonyl (C=O) groups excluding carboxylic acids is 2. The van der Waals surface area contributed by atoms with E-state index in [2.05, 4.69) is 0 Å². The van der Waals surface area contributed by atoms with E-state index in [9.17, 15) is 14.7 Å². The van der Waals surface area contributed by atoms with Crippen LogP contribution in [0.5, 0.6) is 5.75 Å². The minimum atomic E-state index is -2.91. The fourth-order valence-electron chi connectivity index (χ4n) is 7.80. The van der Waals surface area contributed by atoms with E-state index in [1.54, 1.807) is 38.1 Å². The molecule has 1 aliphatic heterocycles. The van der Waals surface area contributed by atoms with Gasteiger partial charge in [0.25, 0.3) is 0 Å². The third-order valence-electron chi connectivity index (χ3n) is 9.82. The largest absolute Gasteiger partial charge is 0.678 e. The molecule has 6 rings (SSSR count). The lowest BCUT2D eigenvalue weighted by Gasteiger charge is -2.23. The number of aliphatic imine (C=N–C) groups is 1. The Morgan fingerprint density at radius 3 is 2.08 bits per heavy atom. The summed E-state index contributed by atoms with van der Waals surface area (Å²) in [5.74, 6) is -0.905. The first kappa shape index (κ1) is 35.8. The maximum atomic E-state index is 15.7. The summed E-state index contributed by atoms with van der Waals surface area (Å²) in [6.45, 7) is 7.84. The molecular formula is C41H43BF2N2O5. The number of allylic oxidation sites excluding steroid dienone is 3. The van der Waals surface area contributed by atoms with Gasteiger partial charge in [-0.25, -0.2) is 14.6 Å². The Kier molecular flexibility index (Phi) is 10.9. The zero-order chi connectivity index (χ0) is 36.2. The van der Waals surface area contributed by atoms with Gasteiger partial charge in [-0.15, -0.1) is 0 Å². The first-order chi connectivity index (χ1) is 24.6. The van der Waals surface area contributed by atoms with E-state index in [-0.39, 0.29) is 19.0 Å². The summed E-state index contributed by atoms with van der Waals surface area (Å²) in [4.78, 5) is 30.0. The van der Waals surface area contributed by atoms with E-state index in [4.69, 9.17) is 14.5 Å². The lowest BCUT2D eigenvalue weighted by atomic mass is 9.82. The Bertz CT molecular complexity index is 2010. The summed E-state index contributed by atoms with van der Waals surface area (Å²) in [6, 6.07) is 11.1. The van der Waals surface area contributed by atoms with Crippen molar-refractivity contribution in [3.63, 3.8) is 0 Å². The Hall–Kier alpha value is -4.99. The van der Waals surface area contributed by atoms with Crippen molar-refractivity contribution in [1.29, 1.82) is 0 Å². The minimum Gasteiger partial charge on any atom is -0.508 e. The first-order valence-electron chi connectivity index (χ1n) is 17.8. The van der Waals surface area contributed by atoms with Crippen molar-refractivity contribution in [2.75, 3.05) is 13.2 Å². The third-order valence-corrected chi connectivity index (χ3v) is 9.82. The number of nitrogens with zero attached hydrogens (tertiary/aromatic N) is 2. The zero-order valence-corrected chi connectivity index (χ0v) is 29.7. The zero-order valence-electron chi connectivity index (χ0n) is 29.7. The highest BCUT2D eigenvalue weighted by molar-refractivity contribution is 6.42. The molecule has 10 heteroatoms. The van der Waals surface area contributed by atoms with Gasteiger partial charge in [0.15, 0.2) is 0 Å². The van der Waals surface area contributed by atoms with Gasteiger partial charge in [0.2, 0.25) is 0 Å². The van der Waals surface area contributed by atoms with Crippen LogP contribution in [0.2, 0.25) is 0 Å². The summed E-state index contributed by atoms with van der Waals surface area (Å²) in [6.07, 6.45) is 12.0. The highest BCUT2D eigenvalue weighted by Gasteiger charge is 2.37. The molecule has 3 aromatic rings. The number of phenolic OH excluding ortho intramolecular Hbond substituents is 1. The van der Waals surface area contributed by atoms with Gasteiger partial charge in [0, 0.05) is 29.1 Å². The van der Waals surface area contributed by atoms with Crippen molar-refractivity contribution in [2.45, 2.75) is 79.1 Å². The van der Waals surface area contributed by atoms with Gasteiger partial charge in [-0.1, -0.05) is 24.3 Å². The molecule has 2 heterocycles. The van der Waals surface area contributed by atoms with E-state index in [1.807, 2.05) is 32.0 Å². The van der Waals surface area contributed by atoms with Crippen LogP contribution in [-0.2, 0) is 31.9 Å². The normalized spacial score (nSPS) is 16.7. The Balaban J connectivity index is 1.69. The second-order valence-electron chi connectivity index (χ2n) is 13.1. The summed E-state index contributed by atoms with van der Waals surface area (Å²) in [7, 11) is -2.91. The highest BCUT2D eigenvalue weighted by atomic mass is 19.2. The number of halogens is 2. The molecule has 2 aromatic carbocycles. The molecule has 0 fully saturated rings. The Labute approximate surface area is 298 Å². The maximum Gasteiger partial charge on any atom is 0.678 e. The molecule has 1 aromatic heterocycles. The number of carbonyl (C=O) groups is 2. The van der Waals surface area contributed by atoms with E-state index < -0.39 is 19.3 Å². The van der Waals surface area contributed by atoms with Crippen LogP contribution in [-0.4, -0.2) is 47.9 Å². The second kappa shape index (κ2) is 15.5. The molecule has 0 amide bonds. The molecule has 51 heavy (non-hydrogen) atoms. The molecular weight excluding hydrogens is 649 g/mol. The predicted molar refractivity (Wildman–Crippen MR) is 198 cm³/mol. The number of hydrogen-bond acceptors (Lipinski definition) is 6. The Morgan fingerprint density at radius 1 is 0.843 bits per heavy atom. The van der Waals surface area contributed by atoms with Gasteiger partial charge in [-0.2, -0.15) is 0 Å². The van der Waals surface area contributed by atoms with Gasteiger partial charge in [-0.3, -0.25) is 8.63 Å². The molecule has 0 radical (unpaired) electrons. The summed E-state index contributed by atoms with van der Waals surface area (Å²) >= 11 is 0. The van der Waals surface area contributed by atoms with Gasteiger partial charge in [-0.05, 0) is 153 Å². The van der Waals surface area contributed by atoms with Crippen molar-refractivity contribution >= 4 is 36.7 Å². The van der Waals surface area contributed by atoms with Crippen LogP contribution in [0.15, 0.2) is 76.5 Å². The van der Waals surface area contributed by atoms with E-state index in [1.165, 1.54) is 18.2 Å². The summed E-state index contributed by atoms with van der Waals surface area (Å²) in [5.41, 5.74) is 10.6. The van der Waals surface area contributed by atoms with Gasteiger partial charge in [0.1, 0.15) is 5.75 Å². The Morgan fingerprint density at radius 2 is 1.45 bits per heavy atom. The lowest BCUT2D eigenvalue weighted by molar-refractivity contribution is -0.138. The lowest BCUT2D eigenvalue weighted by Crippen LogP contribution is -2.19. The van der Waals surface area contributed by atoms with Crippen LogP contribution in [0.4, 0.5) is 8.63 Å². The number of hydrogen-bond donors (Lipinski definition) is 1. The van der Waals surface area contributed by atoms with Crippen LogP contribution < -0.4 is 0 Å². The van der Waals surface area contributed by atoms with Crippen molar-refractivity contribution < 1.29 is 32.8 Å². The predicted octanol–water partition coefficient (Wildman–Crippen LogP) is 8.91. The molecule has 0 bridgehead atoms. The number of ether oxygens (including phenoxy) is 2. The summed E-state index contributed by atoms with van der Waals surface area (Å²) < 4.78 is 42.7. The summed E-state index contributed by atoms with van der Waals surface area (Å²) in [5, 5.41) is 10.2. The fraction of sp³-hybridized carbons (Fsp3) is 0.341. The quantitative estimate of drug-likeness (QED) is 0.130. The number of benzene rings is 2. The molecule has 0 saturated heterocycles. The monoisotopic (exact) mass is 692 g/mol. The maximum absolute atomic E-state index is 15.7. The third kappa shape index (κ3) is 7.27. The number of aromatic hydroxyl groups is 1. The highest BCUT2D eigenvalue weighted by Crippen LogP contribution is 2.47. The number of aryl methyl sites for hydroxylation is 2. The number of esters is 2. The molecule has 2 aliphatic carbocycles. The second-order valence-corrected chi connectivity index (χ2v) is 13.1. The molecule has 7 nitrogen and oxygen atoms in total. The van der Waals surface area contributed by atoms with Crippen LogP contribution in [0.1, 0.15) is 91.6 Å². The van der Waals surface area contributed by atoms with E-state index >= 15 is 8.63 Å². The average Bonchev–Trinajstić information content (AvgIpc) is 3.64. The molecule has 264 valence electrons. The molecule has 3 aliphatic rings. The number of fused-ring (bicyclic) bond motifs is 1. The number of rotatable bonds is 10. The average molecular weight is 693 g/mol. The SMILES string of the molecule is CCOC(=O)/C=C/C1=NC(=C(/c2c(C)cc(-c3cccc(O)c3)cc2C)c2c3c(c(/C=C/C(=O)OCC)n2B(F)F)CCCC3)/C2=C1CCCC2. The van der Waals surface area contributed by atoms with Crippen molar-refractivity contribution in [3.05, 3.63) is 111 Å². The van der Waals surface area contributed by atoms with Crippen LogP contribution in [0.3, 0.4) is 0 Å². The molecule has 1 N–H and O–H groups in total. The number of aromatic nitrogens is 1. The minimum absolute atomic E-state index is 0.153. The fourth-order valence-corrected chi connectivity index (χ4v) is 7.80. The molecule has 0 unspecified atom stereocenters.